The molecule has 5 heteroatoms. The maximum Gasteiger partial charge on any atom is 0.277 e. The lowest BCUT2D eigenvalue weighted by molar-refractivity contribution is -0.123. The van der Waals surface area contributed by atoms with Gasteiger partial charge in [-0.1, -0.05) is 12.1 Å². The molecule has 0 saturated heterocycles. The first-order chi connectivity index (χ1) is 10.1. The number of carbonyl (C=O) groups is 1. The van der Waals surface area contributed by atoms with Crippen LogP contribution in [0, 0.1) is 20.8 Å². The Morgan fingerprint density at radius 1 is 1.29 bits per heavy atom. The minimum Gasteiger partial charge on any atom is -0.483 e. The molecule has 0 radical (unpaired) electrons. The third kappa shape index (κ3) is 4.43. The van der Waals surface area contributed by atoms with Crippen LogP contribution < -0.4 is 10.2 Å². The van der Waals surface area contributed by atoms with Gasteiger partial charge in [-0.25, -0.2) is 5.43 Å². The Labute approximate surface area is 128 Å². The highest BCUT2D eigenvalue weighted by molar-refractivity contribution is 7.11. The zero-order valence-corrected chi connectivity index (χ0v) is 13.2. The van der Waals surface area contributed by atoms with Gasteiger partial charge in [0.25, 0.3) is 5.91 Å². The van der Waals surface area contributed by atoms with Gasteiger partial charge in [-0.05, 0) is 55.0 Å². The number of hydrogen-bond acceptors (Lipinski definition) is 4. The summed E-state index contributed by atoms with van der Waals surface area (Å²) in [5.41, 5.74) is 5.71. The van der Waals surface area contributed by atoms with Crippen molar-refractivity contribution in [1.29, 1.82) is 0 Å². The van der Waals surface area contributed by atoms with E-state index in [0.717, 1.165) is 27.3 Å². The Morgan fingerprint density at radius 2 is 2.10 bits per heavy atom. The number of thiophene rings is 1. The van der Waals surface area contributed by atoms with Gasteiger partial charge in [-0.15, -0.1) is 11.3 Å². The molecule has 0 aliphatic heterocycles. The van der Waals surface area contributed by atoms with Crippen molar-refractivity contribution in [3.05, 3.63) is 51.2 Å². The van der Waals surface area contributed by atoms with Crippen LogP contribution in [0.1, 0.15) is 21.6 Å². The third-order valence-corrected chi connectivity index (χ3v) is 3.93. The van der Waals surface area contributed by atoms with Crippen LogP contribution in [0.15, 0.2) is 34.7 Å². The maximum atomic E-state index is 11.7. The molecular formula is C16H18N2O2S. The molecule has 0 aliphatic carbocycles. The summed E-state index contributed by atoms with van der Waals surface area (Å²) in [5.74, 6) is 0.449. The largest absolute Gasteiger partial charge is 0.483 e. The number of hydrazone groups is 1. The smallest absolute Gasteiger partial charge is 0.277 e. The second-order valence-electron chi connectivity index (χ2n) is 4.82. The number of aryl methyl sites for hydroxylation is 3. The lowest BCUT2D eigenvalue weighted by Crippen LogP contribution is -2.24. The molecule has 2 aromatic rings. The molecule has 0 bridgehead atoms. The molecule has 0 fully saturated rings. The first-order valence-electron chi connectivity index (χ1n) is 6.62. The summed E-state index contributed by atoms with van der Waals surface area (Å²) in [5, 5.41) is 5.92. The van der Waals surface area contributed by atoms with Crippen molar-refractivity contribution in [2.45, 2.75) is 20.8 Å². The van der Waals surface area contributed by atoms with Crippen LogP contribution in [0.25, 0.3) is 0 Å². The van der Waals surface area contributed by atoms with E-state index >= 15 is 0 Å². The fourth-order valence-corrected chi connectivity index (χ4v) is 2.50. The van der Waals surface area contributed by atoms with Crippen LogP contribution in [-0.2, 0) is 4.79 Å². The fraction of sp³-hybridized carbons (Fsp3) is 0.250. The van der Waals surface area contributed by atoms with E-state index in [-0.39, 0.29) is 12.5 Å². The Kier molecular flexibility index (Phi) is 5.11. The van der Waals surface area contributed by atoms with Gasteiger partial charge >= 0.3 is 0 Å². The molecule has 1 amide bonds. The molecule has 2 rings (SSSR count). The highest BCUT2D eigenvalue weighted by atomic mass is 32.1. The highest BCUT2D eigenvalue weighted by Crippen LogP contribution is 2.18. The van der Waals surface area contributed by atoms with Gasteiger partial charge in [-0.2, -0.15) is 5.10 Å². The molecule has 21 heavy (non-hydrogen) atoms. The minimum atomic E-state index is -0.277. The summed E-state index contributed by atoms with van der Waals surface area (Å²) in [7, 11) is 0. The number of rotatable bonds is 5. The topological polar surface area (TPSA) is 50.7 Å². The maximum absolute atomic E-state index is 11.7. The molecule has 0 aliphatic rings. The van der Waals surface area contributed by atoms with Crippen LogP contribution in [0.5, 0.6) is 5.75 Å². The Bertz CT molecular complexity index is 662. The van der Waals surface area contributed by atoms with E-state index in [1.165, 1.54) is 0 Å². The van der Waals surface area contributed by atoms with Crippen molar-refractivity contribution in [2.75, 3.05) is 6.61 Å². The monoisotopic (exact) mass is 302 g/mol. The number of nitrogens with zero attached hydrogens (tertiary/aromatic N) is 1. The summed E-state index contributed by atoms with van der Waals surface area (Å²) in [6, 6.07) is 7.91. The summed E-state index contributed by atoms with van der Waals surface area (Å²) < 4.78 is 5.51. The number of ether oxygens (including phenoxy) is 1. The molecule has 1 heterocycles. The van der Waals surface area contributed by atoms with E-state index < -0.39 is 0 Å². The number of nitrogens with one attached hydrogen (secondary N) is 1. The second kappa shape index (κ2) is 7.04. The molecule has 0 saturated carbocycles. The SMILES string of the molecule is Cc1ccc(C)c(OCC(=O)N/N=C\c2sccc2C)c1. The molecule has 0 atom stereocenters. The van der Waals surface area contributed by atoms with Gasteiger partial charge in [0.15, 0.2) is 6.61 Å². The van der Waals surface area contributed by atoms with Crippen LogP contribution >= 0.6 is 11.3 Å². The zero-order valence-electron chi connectivity index (χ0n) is 12.3. The normalized spacial score (nSPS) is 10.8. The van der Waals surface area contributed by atoms with E-state index in [2.05, 4.69) is 10.5 Å². The quantitative estimate of drug-likeness (QED) is 0.681. The lowest BCUT2D eigenvalue weighted by Gasteiger charge is -2.08. The van der Waals surface area contributed by atoms with E-state index in [4.69, 9.17) is 4.74 Å². The predicted octanol–water partition coefficient (Wildman–Crippen LogP) is 3.20. The molecule has 1 aromatic heterocycles. The lowest BCUT2D eigenvalue weighted by atomic mass is 10.1. The van der Waals surface area contributed by atoms with Crippen LogP contribution in [0.3, 0.4) is 0 Å². The van der Waals surface area contributed by atoms with Crippen molar-refractivity contribution < 1.29 is 9.53 Å². The van der Waals surface area contributed by atoms with E-state index in [1.54, 1.807) is 17.6 Å². The Hall–Kier alpha value is -2.14. The molecule has 4 nitrogen and oxygen atoms in total. The van der Waals surface area contributed by atoms with Crippen LogP contribution in [0.2, 0.25) is 0 Å². The van der Waals surface area contributed by atoms with Crippen molar-refractivity contribution in [3.63, 3.8) is 0 Å². The Morgan fingerprint density at radius 3 is 2.81 bits per heavy atom. The number of amides is 1. The van der Waals surface area contributed by atoms with Gasteiger partial charge in [-0.3, -0.25) is 4.79 Å². The Balaban J connectivity index is 1.84. The number of carbonyl (C=O) groups excluding carboxylic acids is 1. The summed E-state index contributed by atoms with van der Waals surface area (Å²) in [6.07, 6.45) is 1.65. The number of hydrogen-bond donors (Lipinski definition) is 1. The van der Waals surface area contributed by atoms with Gasteiger partial charge in [0.1, 0.15) is 5.75 Å². The molecule has 110 valence electrons. The van der Waals surface area contributed by atoms with E-state index in [9.17, 15) is 4.79 Å². The van der Waals surface area contributed by atoms with Crippen molar-refractivity contribution in [2.24, 2.45) is 5.10 Å². The van der Waals surface area contributed by atoms with Gasteiger partial charge in [0.2, 0.25) is 0 Å². The minimum absolute atomic E-state index is 0.0505. The number of benzene rings is 1. The molecule has 1 aromatic carbocycles. The highest BCUT2D eigenvalue weighted by Gasteiger charge is 2.04. The first kappa shape index (κ1) is 15.3. The molecular weight excluding hydrogens is 284 g/mol. The van der Waals surface area contributed by atoms with Gasteiger partial charge in [0, 0.05) is 4.88 Å². The summed E-state index contributed by atoms with van der Waals surface area (Å²) in [6.45, 7) is 5.89. The zero-order chi connectivity index (χ0) is 15.2. The average molecular weight is 302 g/mol. The third-order valence-electron chi connectivity index (χ3n) is 2.98. The van der Waals surface area contributed by atoms with E-state index in [0.29, 0.717) is 0 Å². The van der Waals surface area contributed by atoms with Crippen LogP contribution in [0.4, 0.5) is 0 Å². The molecule has 0 unspecified atom stereocenters. The van der Waals surface area contributed by atoms with Gasteiger partial charge < -0.3 is 4.74 Å². The van der Waals surface area contributed by atoms with Crippen molar-refractivity contribution >= 4 is 23.5 Å². The summed E-state index contributed by atoms with van der Waals surface area (Å²) in [4.78, 5) is 12.7. The van der Waals surface area contributed by atoms with Gasteiger partial charge in [0.05, 0.1) is 6.21 Å². The van der Waals surface area contributed by atoms with Crippen molar-refractivity contribution in [3.8, 4) is 5.75 Å². The average Bonchev–Trinajstić information content (AvgIpc) is 2.85. The predicted molar refractivity (Wildman–Crippen MR) is 86.2 cm³/mol. The standard InChI is InChI=1S/C16H18N2O2S/c1-11-4-5-12(2)14(8-11)20-10-16(19)18-17-9-15-13(3)6-7-21-15/h4-9H,10H2,1-3H3,(H,18,19)/b17-9-. The first-order valence-corrected chi connectivity index (χ1v) is 7.50. The van der Waals surface area contributed by atoms with Crippen molar-refractivity contribution in [1.82, 2.24) is 5.43 Å². The molecule has 1 N–H and O–H groups in total. The fourth-order valence-electron chi connectivity index (χ4n) is 1.72. The van der Waals surface area contributed by atoms with E-state index in [1.807, 2.05) is 50.4 Å². The second-order valence-corrected chi connectivity index (χ2v) is 5.77. The van der Waals surface area contributed by atoms with Crippen LogP contribution in [-0.4, -0.2) is 18.7 Å². The summed E-state index contributed by atoms with van der Waals surface area (Å²) >= 11 is 1.58. The molecule has 0 spiro atoms.